The summed E-state index contributed by atoms with van der Waals surface area (Å²) in [5.41, 5.74) is 12.6. The molecule has 1 saturated carbocycles. The zero-order valence-corrected chi connectivity index (χ0v) is 11.4. The Morgan fingerprint density at radius 3 is 2.58 bits per heavy atom. The molecule has 1 fully saturated rings. The van der Waals surface area contributed by atoms with E-state index in [4.69, 9.17) is 11.5 Å². The van der Waals surface area contributed by atoms with Crippen molar-refractivity contribution < 1.29 is 4.79 Å². The van der Waals surface area contributed by atoms with Gasteiger partial charge in [0.1, 0.15) is 0 Å². The Balaban J connectivity index is 1.90. The van der Waals surface area contributed by atoms with Gasteiger partial charge in [0.05, 0.1) is 5.54 Å². The third kappa shape index (κ3) is 3.55. The number of amides is 1. The summed E-state index contributed by atoms with van der Waals surface area (Å²) < 4.78 is 0. The van der Waals surface area contributed by atoms with Gasteiger partial charge >= 0.3 is 0 Å². The standard InChI is InChI=1S/C15H23N3O/c1-15(10-16,12-7-8-12)18-14(19)9-13(17)11-5-3-2-4-6-11/h2-6,12-13H,7-10,16-17H2,1H3,(H,18,19). The van der Waals surface area contributed by atoms with Crippen LogP contribution < -0.4 is 16.8 Å². The highest BCUT2D eigenvalue weighted by molar-refractivity contribution is 5.77. The Bertz CT molecular complexity index is 430. The van der Waals surface area contributed by atoms with Crippen molar-refractivity contribution in [2.45, 2.75) is 37.8 Å². The monoisotopic (exact) mass is 261 g/mol. The zero-order chi connectivity index (χ0) is 13.9. The Morgan fingerprint density at radius 2 is 2.05 bits per heavy atom. The van der Waals surface area contributed by atoms with Crippen molar-refractivity contribution in [3.8, 4) is 0 Å². The predicted molar refractivity (Wildman–Crippen MR) is 76.3 cm³/mol. The lowest BCUT2D eigenvalue weighted by atomic mass is 9.95. The molecule has 19 heavy (non-hydrogen) atoms. The highest BCUT2D eigenvalue weighted by Crippen LogP contribution is 2.39. The molecule has 2 atom stereocenters. The third-order valence-electron chi connectivity index (χ3n) is 3.96. The first-order chi connectivity index (χ1) is 9.05. The Kier molecular flexibility index (Phi) is 4.22. The number of hydrogen-bond acceptors (Lipinski definition) is 3. The van der Waals surface area contributed by atoms with E-state index in [2.05, 4.69) is 5.32 Å². The smallest absolute Gasteiger partial charge is 0.222 e. The van der Waals surface area contributed by atoms with Crippen LogP contribution in [0.4, 0.5) is 0 Å². The predicted octanol–water partition coefficient (Wildman–Crippen LogP) is 1.32. The number of carbonyl (C=O) groups is 1. The van der Waals surface area contributed by atoms with Crippen LogP contribution in [-0.2, 0) is 4.79 Å². The molecule has 0 aromatic heterocycles. The second kappa shape index (κ2) is 5.72. The molecular weight excluding hydrogens is 238 g/mol. The summed E-state index contributed by atoms with van der Waals surface area (Å²) in [6.07, 6.45) is 2.60. The molecule has 0 spiro atoms. The lowest BCUT2D eigenvalue weighted by Crippen LogP contribution is -2.53. The number of rotatable bonds is 6. The Morgan fingerprint density at radius 1 is 1.42 bits per heavy atom. The molecule has 0 heterocycles. The lowest BCUT2D eigenvalue weighted by Gasteiger charge is -2.30. The van der Waals surface area contributed by atoms with Gasteiger partial charge in [0.2, 0.25) is 5.91 Å². The van der Waals surface area contributed by atoms with Crippen LogP contribution in [0, 0.1) is 5.92 Å². The molecule has 2 rings (SSSR count). The van der Waals surface area contributed by atoms with Gasteiger partial charge in [-0.2, -0.15) is 0 Å². The summed E-state index contributed by atoms with van der Waals surface area (Å²) in [5.74, 6) is 0.505. The first-order valence-corrected chi connectivity index (χ1v) is 6.87. The van der Waals surface area contributed by atoms with Crippen molar-refractivity contribution >= 4 is 5.91 Å². The molecule has 1 aliphatic carbocycles. The quantitative estimate of drug-likeness (QED) is 0.722. The van der Waals surface area contributed by atoms with Crippen LogP contribution in [0.15, 0.2) is 30.3 Å². The van der Waals surface area contributed by atoms with Crippen molar-refractivity contribution in [3.05, 3.63) is 35.9 Å². The zero-order valence-electron chi connectivity index (χ0n) is 11.4. The fourth-order valence-corrected chi connectivity index (χ4v) is 2.43. The molecule has 0 bridgehead atoms. The molecule has 4 heteroatoms. The van der Waals surface area contributed by atoms with Gasteiger partial charge in [-0.05, 0) is 31.2 Å². The molecule has 1 aromatic rings. The minimum absolute atomic E-state index is 0.0174. The highest BCUT2D eigenvalue weighted by atomic mass is 16.1. The largest absolute Gasteiger partial charge is 0.349 e. The molecule has 1 aliphatic rings. The Hall–Kier alpha value is -1.39. The molecule has 1 amide bonds. The number of hydrogen-bond donors (Lipinski definition) is 3. The maximum absolute atomic E-state index is 12.1. The summed E-state index contributed by atoms with van der Waals surface area (Å²) in [6.45, 7) is 2.50. The van der Waals surface area contributed by atoms with Gasteiger partial charge in [-0.25, -0.2) is 0 Å². The third-order valence-corrected chi connectivity index (χ3v) is 3.96. The maximum Gasteiger partial charge on any atom is 0.222 e. The van der Waals surface area contributed by atoms with Crippen molar-refractivity contribution in [3.63, 3.8) is 0 Å². The summed E-state index contributed by atoms with van der Waals surface area (Å²) in [7, 11) is 0. The van der Waals surface area contributed by atoms with E-state index >= 15 is 0 Å². The number of nitrogens with two attached hydrogens (primary N) is 2. The number of nitrogens with one attached hydrogen (secondary N) is 1. The van der Waals surface area contributed by atoms with Gasteiger partial charge in [0.15, 0.2) is 0 Å². The average molecular weight is 261 g/mol. The SMILES string of the molecule is CC(CN)(NC(=O)CC(N)c1ccccc1)C1CC1. The highest BCUT2D eigenvalue weighted by Gasteiger charge is 2.41. The first-order valence-electron chi connectivity index (χ1n) is 6.87. The summed E-state index contributed by atoms with van der Waals surface area (Å²) >= 11 is 0. The van der Waals surface area contributed by atoms with E-state index in [9.17, 15) is 4.79 Å². The maximum atomic E-state index is 12.1. The average Bonchev–Trinajstić information content (AvgIpc) is 3.24. The fourth-order valence-electron chi connectivity index (χ4n) is 2.43. The van der Waals surface area contributed by atoms with E-state index in [-0.39, 0.29) is 17.5 Å². The van der Waals surface area contributed by atoms with Crippen LogP contribution in [0.2, 0.25) is 0 Å². The minimum Gasteiger partial charge on any atom is -0.349 e. The second-order valence-corrected chi connectivity index (χ2v) is 5.67. The lowest BCUT2D eigenvalue weighted by molar-refractivity contribution is -0.123. The van der Waals surface area contributed by atoms with E-state index in [0.717, 1.165) is 18.4 Å². The van der Waals surface area contributed by atoms with Gasteiger partial charge in [0, 0.05) is 19.0 Å². The van der Waals surface area contributed by atoms with Crippen molar-refractivity contribution in [1.82, 2.24) is 5.32 Å². The molecule has 1 aromatic carbocycles. The van der Waals surface area contributed by atoms with Crippen molar-refractivity contribution in [2.75, 3.05) is 6.54 Å². The van der Waals surface area contributed by atoms with Gasteiger partial charge in [0.25, 0.3) is 0 Å². The van der Waals surface area contributed by atoms with Crippen LogP contribution in [-0.4, -0.2) is 18.0 Å². The topological polar surface area (TPSA) is 81.1 Å². The van der Waals surface area contributed by atoms with Crippen molar-refractivity contribution in [2.24, 2.45) is 17.4 Å². The minimum atomic E-state index is -0.270. The normalized spacial score (nSPS) is 19.5. The second-order valence-electron chi connectivity index (χ2n) is 5.67. The first kappa shape index (κ1) is 14.0. The van der Waals surface area contributed by atoms with E-state index in [1.165, 1.54) is 0 Å². The van der Waals surface area contributed by atoms with E-state index in [0.29, 0.717) is 18.9 Å². The number of benzene rings is 1. The molecule has 0 radical (unpaired) electrons. The van der Waals surface area contributed by atoms with E-state index < -0.39 is 0 Å². The van der Waals surface area contributed by atoms with Crippen LogP contribution >= 0.6 is 0 Å². The van der Waals surface area contributed by atoms with Gasteiger partial charge in [-0.15, -0.1) is 0 Å². The van der Waals surface area contributed by atoms with E-state index in [1.54, 1.807) is 0 Å². The van der Waals surface area contributed by atoms with Crippen LogP contribution in [0.1, 0.15) is 37.8 Å². The molecule has 0 saturated heterocycles. The fraction of sp³-hybridized carbons (Fsp3) is 0.533. The van der Waals surface area contributed by atoms with E-state index in [1.807, 2.05) is 37.3 Å². The molecule has 0 aliphatic heterocycles. The molecule has 5 N–H and O–H groups in total. The van der Waals surface area contributed by atoms with Crippen molar-refractivity contribution in [1.29, 1.82) is 0 Å². The molecule has 104 valence electrons. The van der Waals surface area contributed by atoms with Gasteiger partial charge in [-0.1, -0.05) is 30.3 Å². The molecule has 2 unspecified atom stereocenters. The molecular formula is C15H23N3O. The van der Waals surface area contributed by atoms with Gasteiger partial charge < -0.3 is 16.8 Å². The molecule has 4 nitrogen and oxygen atoms in total. The summed E-state index contributed by atoms with van der Waals surface area (Å²) in [6, 6.07) is 9.43. The van der Waals surface area contributed by atoms with Gasteiger partial charge in [-0.3, -0.25) is 4.79 Å². The summed E-state index contributed by atoms with van der Waals surface area (Å²) in [5, 5.41) is 3.06. The number of carbonyl (C=O) groups excluding carboxylic acids is 1. The van der Waals surface area contributed by atoms with Crippen LogP contribution in [0.5, 0.6) is 0 Å². The van der Waals surface area contributed by atoms with Crippen LogP contribution in [0.25, 0.3) is 0 Å². The summed E-state index contributed by atoms with van der Waals surface area (Å²) in [4.78, 5) is 12.1. The van der Waals surface area contributed by atoms with Crippen LogP contribution in [0.3, 0.4) is 0 Å². The Labute approximate surface area is 114 Å².